The van der Waals surface area contributed by atoms with Crippen LogP contribution in [-0.2, 0) is 4.74 Å². The van der Waals surface area contributed by atoms with E-state index >= 15 is 0 Å². The largest absolute Gasteiger partial charge is 0.489 e. The number of ether oxygens (including phenoxy) is 1. The van der Waals surface area contributed by atoms with Crippen LogP contribution in [0.5, 0.6) is 0 Å². The summed E-state index contributed by atoms with van der Waals surface area (Å²) in [5.74, 6) is 3.14. The molecule has 0 amide bonds. The molecular formula is C29H34N8O2. The summed E-state index contributed by atoms with van der Waals surface area (Å²) in [6, 6.07) is 6.63. The Morgan fingerprint density at radius 1 is 1.23 bits per heavy atom. The van der Waals surface area contributed by atoms with Crippen LogP contribution < -0.4 is 10.2 Å². The van der Waals surface area contributed by atoms with Crippen LogP contribution in [0, 0.1) is 30.1 Å². The second-order valence-corrected chi connectivity index (χ2v) is 11.1. The van der Waals surface area contributed by atoms with Gasteiger partial charge < -0.3 is 20.1 Å². The molecule has 3 aliphatic heterocycles. The first-order chi connectivity index (χ1) is 18.6. The number of aryl methyl sites for hydroxylation is 1. The lowest BCUT2D eigenvalue weighted by Gasteiger charge is -2.54. The Labute approximate surface area is 229 Å². The highest BCUT2D eigenvalue weighted by Gasteiger charge is 2.47. The zero-order valence-corrected chi connectivity index (χ0v) is 22.8. The van der Waals surface area contributed by atoms with Crippen LogP contribution in [-0.4, -0.2) is 63.1 Å². The second-order valence-electron chi connectivity index (χ2n) is 11.1. The number of nitrogens with one attached hydrogen (secondary N) is 1. The van der Waals surface area contributed by atoms with Crippen LogP contribution in [0.4, 0.5) is 11.8 Å². The van der Waals surface area contributed by atoms with Crippen molar-refractivity contribution in [3.63, 3.8) is 0 Å². The molecule has 0 radical (unpaired) electrons. The lowest BCUT2D eigenvalue weighted by atomic mass is 9.66. The Bertz CT molecular complexity index is 1350. The van der Waals surface area contributed by atoms with Gasteiger partial charge in [0, 0.05) is 55.6 Å². The predicted octanol–water partition coefficient (Wildman–Crippen LogP) is 3.86. The van der Waals surface area contributed by atoms with Gasteiger partial charge in [0.15, 0.2) is 0 Å². The van der Waals surface area contributed by atoms with Crippen molar-refractivity contribution in [3.8, 4) is 6.07 Å². The number of rotatable bonds is 8. The molecular weight excluding hydrogens is 492 g/mol. The van der Waals surface area contributed by atoms with Crippen molar-refractivity contribution in [1.29, 1.82) is 5.26 Å². The molecule has 10 heteroatoms. The van der Waals surface area contributed by atoms with E-state index in [4.69, 9.17) is 9.72 Å². The summed E-state index contributed by atoms with van der Waals surface area (Å²) in [7, 11) is 0. The molecule has 2 aromatic rings. The minimum absolute atomic E-state index is 0.101. The Morgan fingerprint density at radius 2 is 1.95 bits per heavy atom. The highest BCUT2D eigenvalue weighted by molar-refractivity contribution is 5.83. The Hall–Kier alpha value is -4.23. The van der Waals surface area contributed by atoms with E-state index in [0.717, 1.165) is 35.6 Å². The third-order valence-electron chi connectivity index (χ3n) is 7.28. The molecule has 4 aliphatic rings. The van der Waals surface area contributed by atoms with E-state index in [1.807, 2.05) is 43.7 Å². The van der Waals surface area contributed by atoms with Gasteiger partial charge in [-0.25, -0.2) is 20.0 Å². The van der Waals surface area contributed by atoms with Crippen LogP contribution in [0.2, 0.25) is 0 Å². The number of pyridine rings is 1. The van der Waals surface area contributed by atoms with Crippen LogP contribution in [0.3, 0.4) is 0 Å². The number of piperidine rings is 2. The van der Waals surface area contributed by atoms with Gasteiger partial charge in [0.1, 0.15) is 18.2 Å². The molecule has 10 nitrogen and oxygen atoms in total. The van der Waals surface area contributed by atoms with Gasteiger partial charge in [-0.2, -0.15) is 10.4 Å². The Balaban J connectivity index is 1.33. The van der Waals surface area contributed by atoms with Gasteiger partial charge in [-0.3, -0.25) is 0 Å². The molecule has 1 aliphatic carbocycles. The summed E-state index contributed by atoms with van der Waals surface area (Å²) in [5, 5.41) is 28.9. The Kier molecular flexibility index (Phi) is 7.10. The number of nitriles is 1. The lowest BCUT2D eigenvalue weighted by molar-refractivity contribution is 0.00481. The topological polar surface area (TPSA) is 123 Å². The summed E-state index contributed by atoms with van der Waals surface area (Å²) in [6.07, 6.45) is 10.2. The predicted molar refractivity (Wildman–Crippen MR) is 150 cm³/mol. The number of fused-ring (bicyclic) bond motifs is 2. The van der Waals surface area contributed by atoms with E-state index < -0.39 is 5.60 Å². The molecule has 6 rings (SSSR count). The van der Waals surface area contributed by atoms with Crippen LogP contribution in [0.25, 0.3) is 5.57 Å². The molecule has 2 bridgehead atoms. The molecule has 202 valence electrons. The van der Waals surface area contributed by atoms with E-state index in [9.17, 15) is 10.4 Å². The average molecular weight is 527 g/mol. The minimum atomic E-state index is -1.000. The first-order valence-corrected chi connectivity index (χ1v) is 13.1. The number of hydrogen-bond acceptors (Lipinski definition) is 10. The third kappa shape index (κ3) is 5.64. The zero-order valence-electron chi connectivity index (χ0n) is 22.8. The number of aliphatic hydroxyl groups is 1. The maximum Gasteiger partial charge on any atom is 0.222 e. The van der Waals surface area contributed by atoms with Gasteiger partial charge in [-0.15, -0.1) is 0 Å². The van der Waals surface area contributed by atoms with Crippen molar-refractivity contribution in [2.75, 3.05) is 29.9 Å². The van der Waals surface area contributed by atoms with Gasteiger partial charge >= 0.3 is 0 Å². The van der Waals surface area contributed by atoms with Gasteiger partial charge in [0.25, 0.3) is 0 Å². The van der Waals surface area contributed by atoms with E-state index in [1.165, 1.54) is 11.4 Å². The van der Waals surface area contributed by atoms with Crippen molar-refractivity contribution < 1.29 is 9.84 Å². The summed E-state index contributed by atoms with van der Waals surface area (Å²) in [5.41, 5.74) is 2.73. The molecule has 2 aromatic heterocycles. The van der Waals surface area contributed by atoms with Crippen molar-refractivity contribution in [2.45, 2.75) is 45.8 Å². The summed E-state index contributed by atoms with van der Waals surface area (Å²) in [4.78, 5) is 15.9. The summed E-state index contributed by atoms with van der Waals surface area (Å²) >= 11 is 0. The second kappa shape index (κ2) is 10.5. The van der Waals surface area contributed by atoms with E-state index in [0.29, 0.717) is 40.9 Å². The van der Waals surface area contributed by atoms with Crippen molar-refractivity contribution in [3.05, 3.63) is 71.2 Å². The molecule has 3 atom stereocenters. The Morgan fingerprint density at radius 3 is 2.54 bits per heavy atom. The first kappa shape index (κ1) is 26.4. The number of hydrazone groups is 1. The molecule has 2 N–H and O–H groups in total. The monoisotopic (exact) mass is 526 g/mol. The van der Waals surface area contributed by atoms with E-state index in [-0.39, 0.29) is 6.61 Å². The molecule has 1 saturated carbocycles. The summed E-state index contributed by atoms with van der Waals surface area (Å²) in [6.45, 7) is 12.7. The van der Waals surface area contributed by atoms with Crippen molar-refractivity contribution >= 4 is 24.1 Å². The quantitative estimate of drug-likeness (QED) is 0.390. The SMILES string of the molecule is C=NN1C=C(OCC(C)(C)O)C=C(c2ccc(N3C[C@H]4C[C@@H](C3)C4Nc3ncc(C)cn3)nc2)/C1=C(/C)C#N. The van der Waals surface area contributed by atoms with Crippen LogP contribution in [0.1, 0.15) is 38.3 Å². The zero-order chi connectivity index (χ0) is 27.7. The van der Waals surface area contributed by atoms with Crippen LogP contribution >= 0.6 is 0 Å². The normalized spacial score (nSPS) is 23.6. The van der Waals surface area contributed by atoms with Crippen molar-refractivity contribution in [1.82, 2.24) is 20.0 Å². The van der Waals surface area contributed by atoms with Gasteiger partial charge in [0.2, 0.25) is 5.95 Å². The fourth-order valence-corrected chi connectivity index (χ4v) is 5.31. The van der Waals surface area contributed by atoms with E-state index in [2.05, 4.69) is 38.1 Å². The number of aromatic nitrogens is 3. The van der Waals surface area contributed by atoms with Gasteiger partial charge in [-0.1, -0.05) is 0 Å². The fraction of sp³-hybridized carbons (Fsp3) is 0.414. The van der Waals surface area contributed by atoms with Crippen molar-refractivity contribution in [2.24, 2.45) is 16.9 Å². The van der Waals surface area contributed by atoms with Gasteiger partial charge in [0.05, 0.1) is 29.1 Å². The average Bonchev–Trinajstić information content (AvgIpc) is 2.94. The molecule has 0 aromatic carbocycles. The van der Waals surface area contributed by atoms with Gasteiger partial charge in [-0.05, 0) is 69.7 Å². The molecule has 5 heterocycles. The molecule has 3 fully saturated rings. The highest BCUT2D eigenvalue weighted by atomic mass is 16.5. The first-order valence-electron chi connectivity index (χ1n) is 13.1. The number of nitrogens with zero attached hydrogens (tertiary/aromatic N) is 7. The van der Waals surface area contributed by atoms with Crippen LogP contribution in [0.15, 0.2) is 65.1 Å². The number of anilines is 2. The number of allylic oxidation sites excluding steroid dienone is 3. The molecule has 0 spiro atoms. The third-order valence-corrected chi connectivity index (χ3v) is 7.28. The summed E-state index contributed by atoms with van der Waals surface area (Å²) < 4.78 is 5.84. The maximum absolute atomic E-state index is 10.1. The fourth-order valence-electron chi connectivity index (χ4n) is 5.31. The smallest absolute Gasteiger partial charge is 0.222 e. The highest BCUT2D eigenvalue weighted by Crippen LogP contribution is 2.43. The lowest BCUT2D eigenvalue weighted by Crippen LogP contribution is -2.61. The molecule has 1 unspecified atom stereocenters. The molecule has 39 heavy (non-hydrogen) atoms. The van der Waals surface area contributed by atoms with E-state index in [1.54, 1.807) is 27.0 Å². The minimum Gasteiger partial charge on any atom is -0.489 e. The maximum atomic E-state index is 10.1. The number of hydrogen-bond donors (Lipinski definition) is 2. The standard InChI is InChI=1S/C29H34N8O2/c1-18-11-33-28(34-12-18)35-26-21-8-22(26)15-36(14-21)25-7-6-20(13-32-25)24-9-23(39-17-29(3,4)38)16-37(31-5)27(24)19(2)10-30/h6-7,9,11-13,16,21-22,26,38H,5,8,14-15,17H2,1-4H3,(H,33,34,35)/b27-19+/t21-,22+,26?. The molecule has 2 saturated heterocycles.